The highest BCUT2D eigenvalue weighted by Gasteiger charge is 2.16. The number of ether oxygens (including phenoxy) is 2. The second kappa shape index (κ2) is 5.80. The number of esters is 1. The van der Waals surface area contributed by atoms with Crippen LogP contribution >= 0.6 is 0 Å². The molecule has 1 atom stereocenters. The fourth-order valence-electron chi connectivity index (χ4n) is 1.93. The molecule has 1 unspecified atom stereocenters. The number of carbonyl (C=O) groups excluding carboxylic acids is 1. The summed E-state index contributed by atoms with van der Waals surface area (Å²) in [5, 5.41) is 3.38. The molecule has 0 saturated carbocycles. The molecule has 1 aliphatic rings. The Bertz CT molecular complexity index is 386. The van der Waals surface area contributed by atoms with Gasteiger partial charge in [-0.2, -0.15) is 0 Å². The Hall–Kier alpha value is -1.39. The van der Waals surface area contributed by atoms with E-state index in [-0.39, 0.29) is 5.97 Å². The Morgan fingerprint density at radius 1 is 1.53 bits per heavy atom. The first kappa shape index (κ1) is 12.1. The minimum Gasteiger partial charge on any atom is -0.465 e. The van der Waals surface area contributed by atoms with Crippen LogP contribution in [0, 0.1) is 0 Å². The number of methoxy groups -OCH3 is 1. The summed E-state index contributed by atoms with van der Waals surface area (Å²) in [6, 6.07) is 7.88. The molecule has 1 fully saturated rings. The van der Waals surface area contributed by atoms with E-state index in [1.54, 1.807) is 6.07 Å². The molecule has 1 heterocycles. The lowest BCUT2D eigenvalue weighted by atomic mass is 10.1. The fraction of sp³-hybridized carbons (Fsp3) is 0.462. The zero-order valence-electron chi connectivity index (χ0n) is 9.94. The molecule has 4 nitrogen and oxygen atoms in total. The smallest absolute Gasteiger partial charge is 0.338 e. The first-order valence-corrected chi connectivity index (χ1v) is 5.78. The fourth-order valence-corrected chi connectivity index (χ4v) is 1.93. The zero-order valence-corrected chi connectivity index (χ0v) is 9.94. The van der Waals surface area contributed by atoms with Gasteiger partial charge in [-0.05, 0) is 18.1 Å². The van der Waals surface area contributed by atoms with Crippen molar-refractivity contribution in [2.24, 2.45) is 0 Å². The van der Waals surface area contributed by atoms with Crippen molar-refractivity contribution in [2.45, 2.75) is 19.0 Å². The minimum atomic E-state index is -0.287. The van der Waals surface area contributed by atoms with Crippen LogP contribution in [0.15, 0.2) is 24.3 Å². The first-order valence-electron chi connectivity index (χ1n) is 5.78. The van der Waals surface area contributed by atoms with E-state index in [0.29, 0.717) is 18.2 Å². The molecule has 0 aromatic heterocycles. The van der Waals surface area contributed by atoms with Crippen molar-refractivity contribution in [1.82, 2.24) is 5.32 Å². The highest BCUT2D eigenvalue weighted by molar-refractivity contribution is 5.90. The Labute approximate surface area is 101 Å². The van der Waals surface area contributed by atoms with Crippen LogP contribution in [-0.2, 0) is 16.0 Å². The maximum absolute atomic E-state index is 11.6. The van der Waals surface area contributed by atoms with Crippen LogP contribution in [0.4, 0.5) is 0 Å². The van der Waals surface area contributed by atoms with Crippen LogP contribution in [0.3, 0.4) is 0 Å². The molecule has 0 amide bonds. The van der Waals surface area contributed by atoms with E-state index in [2.05, 4.69) is 5.32 Å². The number of rotatable bonds is 4. The van der Waals surface area contributed by atoms with E-state index in [0.717, 1.165) is 25.2 Å². The molecule has 1 N–H and O–H groups in total. The number of carbonyl (C=O) groups is 1. The molecule has 92 valence electrons. The SMILES string of the molecule is COC(=O)c1ccccc1CNC1CCOC1. The molecule has 0 radical (unpaired) electrons. The van der Waals surface area contributed by atoms with Crippen LogP contribution in [0.2, 0.25) is 0 Å². The second-order valence-electron chi connectivity index (χ2n) is 4.09. The standard InChI is InChI=1S/C13H17NO3/c1-16-13(15)12-5-3-2-4-10(12)8-14-11-6-7-17-9-11/h2-5,11,14H,6-9H2,1H3. The van der Waals surface area contributed by atoms with Crippen molar-refractivity contribution in [2.75, 3.05) is 20.3 Å². The van der Waals surface area contributed by atoms with Crippen molar-refractivity contribution in [3.05, 3.63) is 35.4 Å². The number of nitrogens with one attached hydrogen (secondary N) is 1. The van der Waals surface area contributed by atoms with Crippen LogP contribution in [0.25, 0.3) is 0 Å². The molecule has 17 heavy (non-hydrogen) atoms. The van der Waals surface area contributed by atoms with Gasteiger partial charge in [-0.3, -0.25) is 0 Å². The van der Waals surface area contributed by atoms with Gasteiger partial charge in [0, 0.05) is 19.2 Å². The van der Waals surface area contributed by atoms with Crippen molar-refractivity contribution in [3.63, 3.8) is 0 Å². The molecule has 0 spiro atoms. The summed E-state index contributed by atoms with van der Waals surface area (Å²) in [7, 11) is 1.40. The monoisotopic (exact) mass is 235 g/mol. The van der Waals surface area contributed by atoms with Crippen LogP contribution in [-0.4, -0.2) is 32.3 Å². The third-order valence-corrected chi connectivity index (χ3v) is 2.93. The van der Waals surface area contributed by atoms with Gasteiger partial charge in [-0.25, -0.2) is 4.79 Å². The zero-order chi connectivity index (χ0) is 12.1. The molecular weight excluding hydrogens is 218 g/mol. The molecule has 1 aliphatic heterocycles. The topological polar surface area (TPSA) is 47.6 Å². The molecule has 0 aliphatic carbocycles. The summed E-state index contributed by atoms with van der Waals surface area (Å²) in [6.45, 7) is 2.23. The predicted molar refractivity (Wildman–Crippen MR) is 63.8 cm³/mol. The van der Waals surface area contributed by atoms with Crippen LogP contribution in [0.5, 0.6) is 0 Å². The summed E-state index contributed by atoms with van der Waals surface area (Å²) in [5.41, 5.74) is 1.59. The van der Waals surface area contributed by atoms with Crippen molar-refractivity contribution >= 4 is 5.97 Å². The Balaban J connectivity index is 2.01. The highest BCUT2D eigenvalue weighted by Crippen LogP contribution is 2.11. The Morgan fingerprint density at radius 2 is 2.35 bits per heavy atom. The average Bonchev–Trinajstić information content (AvgIpc) is 2.89. The first-order chi connectivity index (χ1) is 8.31. The quantitative estimate of drug-likeness (QED) is 0.800. The lowest BCUT2D eigenvalue weighted by Gasteiger charge is -2.12. The number of benzene rings is 1. The maximum Gasteiger partial charge on any atom is 0.338 e. The van der Waals surface area contributed by atoms with Gasteiger partial charge in [-0.1, -0.05) is 18.2 Å². The summed E-state index contributed by atoms with van der Waals surface area (Å²) in [4.78, 5) is 11.6. The average molecular weight is 235 g/mol. The Kier molecular flexibility index (Phi) is 4.12. The van der Waals surface area contributed by atoms with Crippen molar-refractivity contribution in [1.29, 1.82) is 0 Å². The minimum absolute atomic E-state index is 0.287. The highest BCUT2D eigenvalue weighted by atomic mass is 16.5. The second-order valence-corrected chi connectivity index (χ2v) is 4.09. The molecule has 1 aromatic carbocycles. The van der Waals surface area contributed by atoms with Crippen molar-refractivity contribution < 1.29 is 14.3 Å². The number of hydrogen-bond donors (Lipinski definition) is 1. The third-order valence-electron chi connectivity index (χ3n) is 2.93. The van der Waals surface area contributed by atoms with Gasteiger partial charge in [-0.15, -0.1) is 0 Å². The summed E-state index contributed by atoms with van der Waals surface area (Å²) >= 11 is 0. The summed E-state index contributed by atoms with van der Waals surface area (Å²) < 4.78 is 10.0. The molecule has 2 rings (SSSR count). The van der Waals surface area contributed by atoms with Gasteiger partial charge in [0.25, 0.3) is 0 Å². The van der Waals surface area contributed by atoms with E-state index >= 15 is 0 Å². The van der Waals surface area contributed by atoms with E-state index in [1.165, 1.54) is 7.11 Å². The van der Waals surface area contributed by atoms with Gasteiger partial charge < -0.3 is 14.8 Å². The van der Waals surface area contributed by atoms with Gasteiger partial charge in [0.05, 0.1) is 19.3 Å². The lowest BCUT2D eigenvalue weighted by Crippen LogP contribution is -2.29. The van der Waals surface area contributed by atoms with Crippen LogP contribution in [0.1, 0.15) is 22.3 Å². The van der Waals surface area contributed by atoms with E-state index in [1.807, 2.05) is 18.2 Å². The van der Waals surface area contributed by atoms with Gasteiger partial charge >= 0.3 is 5.97 Å². The summed E-state index contributed by atoms with van der Waals surface area (Å²) in [6.07, 6.45) is 1.03. The normalized spacial score (nSPS) is 19.2. The molecule has 4 heteroatoms. The third kappa shape index (κ3) is 3.05. The van der Waals surface area contributed by atoms with Gasteiger partial charge in [0.1, 0.15) is 0 Å². The van der Waals surface area contributed by atoms with E-state index < -0.39 is 0 Å². The predicted octanol–water partition coefficient (Wildman–Crippen LogP) is 1.35. The van der Waals surface area contributed by atoms with E-state index in [9.17, 15) is 4.79 Å². The molecular formula is C13H17NO3. The van der Waals surface area contributed by atoms with Gasteiger partial charge in [0.15, 0.2) is 0 Å². The van der Waals surface area contributed by atoms with E-state index in [4.69, 9.17) is 9.47 Å². The van der Waals surface area contributed by atoms with Gasteiger partial charge in [0.2, 0.25) is 0 Å². The molecule has 1 aromatic rings. The molecule has 0 bridgehead atoms. The lowest BCUT2D eigenvalue weighted by molar-refractivity contribution is 0.0599. The summed E-state index contributed by atoms with van der Waals surface area (Å²) in [5.74, 6) is -0.287. The number of hydrogen-bond acceptors (Lipinski definition) is 4. The molecule has 1 saturated heterocycles. The van der Waals surface area contributed by atoms with Crippen molar-refractivity contribution in [3.8, 4) is 0 Å². The maximum atomic E-state index is 11.6. The largest absolute Gasteiger partial charge is 0.465 e. The van der Waals surface area contributed by atoms with Crippen LogP contribution < -0.4 is 5.32 Å². The Morgan fingerprint density at radius 3 is 3.06 bits per heavy atom.